The lowest BCUT2D eigenvalue weighted by molar-refractivity contribution is 0.117. The van der Waals surface area contributed by atoms with Crippen LogP contribution >= 0.6 is 24.0 Å². The Morgan fingerprint density at radius 3 is 2.80 bits per heavy atom. The molecule has 0 amide bonds. The van der Waals surface area contributed by atoms with Crippen molar-refractivity contribution >= 4 is 29.9 Å². The standard InChI is InChI=1S/C19H31N3O2.HI/c1-20-19(22-12-10-18(14-22)15-23-2)21-11-6-7-13-24-16-17-8-4-3-5-9-17;/h3-5,8-9,18H,6-7,10-16H2,1-2H3,(H,20,21);1H. The van der Waals surface area contributed by atoms with Crippen LogP contribution in [0.1, 0.15) is 24.8 Å². The molecule has 1 aromatic carbocycles. The average Bonchev–Trinajstić information content (AvgIpc) is 3.07. The highest BCUT2D eigenvalue weighted by Crippen LogP contribution is 2.16. The van der Waals surface area contributed by atoms with E-state index in [0.29, 0.717) is 12.5 Å². The summed E-state index contributed by atoms with van der Waals surface area (Å²) in [6, 6.07) is 10.3. The molecule has 1 unspecified atom stereocenters. The van der Waals surface area contributed by atoms with Gasteiger partial charge in [-0.15, -0.1) is 24.0 Å². The van der Waals surface area contributed by atoms with Crippen molar-refractivity contribution in [3.05, 3.63) is 35.9 Å². The third-order valence-corrected chi connectivity index (χ3v) is 4.31. The molecule has 0 radical (unpaired) electrons. The van der Waals surface area contributed by atoms with E-state index in [2.05, 4.69) is 27.3 Å². The first kappa shape index (κ1) is 22.2. The summed E-state index contributed by atoms with van der Waals surface area (Å²) in [7, 11) is 3.63. The van der Waals surface area contributed by atoms with Crippen LogP contribution in [-0.4, -0.2) is 57.9 Å². The maximum Gasteiger partial charge on any atom is 0.193 e. The highest BCUT2D eigenvalue weighted by atomic mass is 127. The van der Waals surface area contributed by atoms with E-state index in [4.69, 9.17) is 9.47 Å². The Labute approximate surface area is 169 Å². The van der Waals surface area contributed by atoms with Crippen LogP contribution in [0.2, 0.25) is 0 Å². The minimum absolute atomic E-state index is 0. The van der Waals surface area contributed by atoms with Crippen molar-refractivity contribution in [2.75, 3.05) is 47.0 Å². The zero-order valence-corrected chi connectivity index (χ0v) is 17.8. The van der Waals surface area contributed by atoms with Crippen molar-refractivity contribution in [3.63, 3.8) is 0 Å². The largest absolute Gasteiger partial charge is 0.384 e. The summed E-state index contributed by atoms with van der Waals surface area (Å²) in [5.74, 6) is 1.64. The number of nitrogens with one attached hydrogen (secondary N) is 1. The van der Waals surface area contributed by atoms with Crippen LogP contribution in [0.15, 0.2) is 35.3 Å². The lowest BCUT2D eigenvalue weighted by atomic mass is 10.1. The molecule has 1 atom stereocenters. The first-order chi connectivity index (χ1) is 11.8. The van der Waals surface area contributed by atoms with E-state index < -0.39 is 0 Å². The molecule has 1 aromatic rings. The van der Waals surface area contributed by atoms with Gasteiger partial charge in [-0.05, 0) is 24.8 Å². The van der Waals surface area contributed by atoms with Crippen molar-refractivity contribution in [2.24, 2.45) is 10.9 Å². The van der Waals surface area contributed by atoms with Crippen LogP contribution in [-0.2, 0) is 16.1 Å². The Hall–Kier alpha value is -0.860. The van der Waals surface area contributed by atoms with E-state index in [-0.39, 0.29) is 24.0 Å². The lowest BCUT2D eigenvalue weighted by Crippen LogP contribution is -2.40. The minimum Gasteiger partial charge on any atom is -0.384 e. The molecule has 0 spiro atoms. The summed E-state index contributed by atoms with van der Waals surface area (Å²) in [6.45, 7) is 5.38. The van der Waals surface area contributed by atoms with Gasteiger partial charge in [0.2, 0.25) is 0 Å². The zero-order chi connectivity index (χ0) is 17.0. The van der Waals surface area contributed by atoms with Crippen LogP contribution in [0.25, 0.3) is 0 Å². The van der Waals surface area contributed by atoms with Crippen molar-refractivity contribution in [1.29, 1.82) is 0 Å². The number of nitrogens with zero attached hydrogens (tertiary/aromatic N) is 2. The maximum atomic E-state index is 5.71. The lowest BCUT2D eigenvalue weighted by Gasteiger charge is -2.21. The second-order valence-corrected chi connectivity index (χ2v) is 6.28. The maximum absolute atomic E-state index is 5.71. The molecule has 1 aliphatic rings. The molecule has 1 heterocycles. The summed E-state index contributed by atoms with van der Waals surface area (Å²) in [6.07, 6.45) is 3.33. The summed E-state index contributed by atoms with van der Waals surface area (Å²) < 4.78 is 11.0. The van der Waals surface area contributed by atoms with Gasteiger partial charge in [-0.25, -0.2) is 0 Å². The average molecular weight is 461 g/mol. The first-order valence-corrected chi connectivity index (χ1v) is 8.89. The Morgan fingerprint density at radius 1 is 1.28 bits per heavy atom. The molecule has 0 aromatic heterocycles. The zero-order valence-electron chi connectivity index (χ0n) is 15.4. The van der Waals surface area contributed by atoms with Crippen molar-refractivity contribution < 1.29 is 9.47 Å². The number of aliphatic imine (C=N–C) groups is 1. The highest BCUT2D eigenvalue weighted by molar-refractivity contribution is 14.0. The molecule has 5 nitrogen and oxygen atoms in total. The number of likely N-dealkylation sites (tertiary alicyclic amines) is 1. The minimum atomic E-state index is 0. The molecule has 0 aliphatic carbocycles. The van der Waals surface area contributed by atoms with Gasteiger partial charge in [0.05, 0.1) is 13.2 Å². The molecule has 25 heavy (non-hydrogen) atoms. The predicted octanol–water partition coefficient (Wildman–Crippen LogP) is 3.15. The molecular formula is C19H32IN3O2. The second kappa shape index (κ2) is 13.4. The van der Waals surface area contributed by atoms with Crippen LogP contribution in [0, 0.1) is 5.92 Å². The van der Waals surface area contributed by atoms with Gasteiger partial charge in [-0.3, -0.25) is 4.99 Å². The third-order valence-electron chi connectivity index (χ3n) is 4.31. The fourth-order valence-electron chi connectivity index (χ4n) is 3.02. The van der Waals surface area contributed by atoms with E-state index in [1.807, 2.05) is 25.2 Å². The van der Waals surface area contributed by atoms with Crippen LogP contribution in [0.3, 0.4) is 0 Å². The highest BCUT2D eigenvalue weighted by Gasteiger charge is 2.24. The summed E-state index contributed by atoms with van der Waals surface area (Å²) in [4.78, 5) is 6.73. The number of hydrogen-bond acceptors (Lipinski definition) is 3. The van der Waals surface area contributed by atoms with Crippen molar-refractivity contribution in [2.45, 2.75) is 25.9 Å². The number of halogens is 1. The molecule has 1 saturated heterocycles. The Morgan fingerprint density at radius 2 is 2.08 bits per heavy atom. The van der Waals surface area contributed by atoms with Gasteiger partial charge in [-0.1, -0.05) is 30.3 Å². The number of unbranched alkanes of at least 4 members (excludes halogenated alkanes) is 1. The normalized spacial score (nSPS) is 17.4. The second-order valence-electron chi connectivity index (χ2n) is 6.28. The van der Waals surface area contributed by atoms with Gasteiger partial charge in [0, 0.05) is 46.3 Å². The number of rotatable bonds is 9. The van der Waals surface area contributed by atoms with E-state index in [9.17, 15) is 0 Å². The summed E-state index contributed by atoms with van der Waals surface area (Å²) >= 11 is 0. The molecular weight excluding hydrogens is 429 g/mol. The Balaban J connectivity index is 0.00000312. The fraction of sp³-hybridized carbons (Fsp3) is 0.632. The van der Waals surface area contributed by atoms with Crippen LogP contribution < -0.4 is 5.32 Å². The number of hydrogen-bond donors (Lipinski definition) is 1. The van der Waals surface area contributed by atoms with Gasteiger partial charge in [-0.2, -0.15) is 0 Å². The monoisotopic (exact) mass is 461 g/mol. The topological polar surface area (TPSA) is 46.1 Å². The van der Waals surface area contributed by atoms with Gasteiger partial charge in [0.25, 0.3) is 0 Å². The SMILES string of the molecule is CN=C(NCCCCOCc1ccccc1)N1CCC(COC)C1.I. The molecule has 2 rings (SSSR count). The number of methoxy groups -OCH3 is 1. The quantitative estimate of drug-likeness (QED) is 0.266. The Bertz CT molecular complexity index is 485. The molecule has 142 valence electrons. The van der Waals surface area contributed by atoms with E-state index in [0.717, 1.165) is 51.6 Å². The van der Waals surface area contributed by atoms with Gasteiger partial charge in [0.15, 0.2) is 5.96 Å². The molecule has 0 saturated carbocycles. The van der Waals surface area contributed by atoms with E-state index >= 15 is 0 Å². The molecule has 1 N–H and O–H groups in total. The van der Waals surface area contributed by atoms with Crippen molar-refractivity contribution in [3.8, 4) is 0 Å². The first-order valence-electron chi connectivity index (χ1n) is 8.89. The summed E-state index contributed by atoms with van der Waals surface area (Å²) in [5.41, 5.74) is 1.23. The third kappa shape index (κ3) is 8.37. The van der Waals surface area contributed by atoms with Crippen LogP contribution in [0.4, 0.5) is 0 Å². The number of guanidine groups is 1. The van der Waals surface area contributed by atoms with Gasteiger partial charge >= 0.3 is 0 Å². The van der Waals surface area contributed by atoms with Crippen molar-refractivity contribution in [1.82, 2.24) is 10.2 Å². The molecule has 1 fully saturated rings. The molecule has 6 heteroatoms. The van der Waals surface area contributed by atoms with Gasteiger partial charge in [0.1, 0.15) is 0 Å². The number of benzene rings is 1. The molecule has 0 bridgehead atoms. The van der Waals surface area contributed by atoms with E-state index in [1.54, 1.807) is 7.11 Å². The predicted molar refractivity (Wildman–Crippen MR) is 114 cm³/mol. The number of ether oxygens (including phenoxy) is 2. The Kier molecular flexibility index (Phi) is 11.9. The smallest absolute Gasteiger partial charge is 0.193 e. The van der Waals surface area contributed by atoms with E-state index in [1.165, 1.54) is 12.0 Å². The fourth-order valence-corrected chi connectivity index (χ4v) is 3.02. The van der Waals surface area contributed by atoms with Gasteiger partial charge < -0.3 is 19.7 Å². The molecule has 1 aliphatic heterocycles. The summed E-state index contributed by atoms with van der Waals surface area (Å²) in [5, 5.41) is 3.46. The van der Waals surface area contributed by atoms with Crippen LogP contribution in [0.5, 0.6) is 0 Å².